The number of aromatic nitrogens is 3. The summed E-state index contributed by atoms with van der Waals surface area (Å²) in [6.07, 6.45) is 2.77. The first kappa shape index (κ1) is 15.5. The van der Waals surface area contributed by atoms with E-state index in [1.807, 2.05) is 0 Å². The van der Waals surface area contributed by atoms with Crippen molar-refractivity contribution < 1.29 is 9.18 Å². The predicted molar refractivity (Wildman–Crippen MR) is 85.7 cm³/mol. The molecule has 0 unspecified atom stereocenters. The fourth-order valence-corrected chi connectivity index (χ4v) is 2.45. The first-order chi connectivity index (χ1) is 11.1. The van der Waals surface area contributed by atoms with Crippen molar-refractivity contribution >= 4 is 34.8 Å². The van der Waals surface area contributed by atoms with Crippen LogP contribution in [0.25, 0.3) is 5.69 Å². The van der Waals surface area contributed by atoms with Gasteiger partial charge in [-0.25, -0.2) is 14.1 Å². The Morgan fingerprint density at radius 2 is 2.04 bits per heavy atom. The van der Waals surface area contributed by atoms with E-state index in [4.69, 9.17) is 23.2 Å². The minimum absolute atomic E-state index is 0.00357. The van der Waals surface area contributed by atoms with Crippen LogP contribution in [-0.2, 0) is 0 Å². The summed E-state index contributed by atoms with van der Waals surface area (Å²) < 4.78 is 15.2. The number of halogens is 3. The van der Waals surface area contributed by atoms with Gasteiger partial charge in [0.2, 0.25) is 0 Å². The van der Waals surface area contributed by atoms with E-state index in [2.05, 4.69) is 15.4 Å². The Balaban J connectivity index is 2.00. The molecule has 3 aromatic rings. The van der Waals surface area contributed by atoms with Crippen LogP contribution in [0.4, 0.5) is 10.1 Å². The highest BCUT2D eigenvalue weighted by Gasteiger charge is 2.18. The molecule has 1 amide bonds. The van der Waals surface area contributed by atoms with Crippen LogP contribution in [0.2, 0.25) is 10.0 Å². The van der Waals surface area contributed by atoms with E-state index in [1.165, 1.54) is 29.5 Å². The molecule has 116 valence electrons. The Labute approximate surface area is 140 Å². The van der Waals surface area contributed by atoms with Crippen LogP contribution in [0, 0.1) is 5.82 Å². The van der Waals surface area contributed by atoms with E-state index < -0.39 is 11.7 Å². The number of rotatable bonds is 3. The molecule has 2 aromatic carbocycles. The van der Waals surface area contributed by atoms with Gasteiger partial charge in [-0.2, -0.15) is 5.10 Å². The molecule has 0 aliphatic rings. The summed E-state index contributed by atoms with van der Waals surface area (Å²) in [6.45, 7) is 0. The zero-order chi connectivity index (χ0) is 16.4. The molecule has 0 spiro atoms. The lowest BCUT2D eigenvalue weighted by atomic mass is 10.1. The minimum Gasteiger partial charge on any atom is -0.319 e. The van der Waals surface area contributed by atoms with Crippen LogP contribution in [0.5, 0.6) is 0 Å². The summed E-state index contributed by atoms with van der Waals surface area (Å²) in [5.41, 5.74) is 0.597. The van der Waals surface area contributed by atoms with E-state index >= 15 is 0 Å². The molecule has 1 heterocycles. The number of amides is 1. The molecule has 1 aromatic heterocycles. The van der Waals surface area contributed by atoms with Gasteiger partial charge in [-0.05, 0) is 30.3 Å². The quantitative estimate of drug-likeness (QED) is 0.777. The van der Waals surface area contributed by atoms with Gasteiger partial charge in [0.25, 0.3) is 5.91 Å². The number of hydrogen-bond acceptors (Lipinski definition) is 3. The number of carbonyl (C=O) groups excluding carboxylic acids is 1. The molecule has 0 fully saturated rings. The van der Waals surface area contributed by atoms with Gasteiger partial charge >= 0.3 is 0 Å². The van der Waals surface area contributed by atoms with Gasteiger partial charge in [-0.15, -0.1) is 0 Å². The standard InChI is InChI=1S/C15H9Cl2FN4O/c16-9-4-5-12(11(18)6-9)21-15(23)14-10(17)2-1-3-13(14)22-8-19-7-20-22/h1-8H,(H,21,23). The number of anilines is 1. The van der Waals surface area contributed by atoms with Crippen molar-refractivity contribution in [3.63, 3.8) is 0 Å². The zero-order valence-electron chi connectivity index (χ0n) is 11.5. The van der Waals surface area contributed by atoms with Gasteiger partial charge in [0.15, 0.2) is 0 Å². The summed E-state index contributed by atoms with van der Waals surface area (Å²) in [5, 5.41) is 6.91. The Morgan fingerprint density at radius 3 is 2.74 bits per heavy atom. The lowest BCUT2D eigenvalue weighted by Gasteiger charge is -2.12. The first-order valence-electron chi connectivity index (χ1n) is 6.46. The van der Waals surface area contributed by atoms with Crippen molar-refractivity contribution in [2.75, 3.05) is 5.32 Å². The lowest BCUT2D eigenvalue weighted by Crippen LogP contribution is -2.16. The van der Waals surface area contributed by atoms with Gasteiger partial charge < -0.3 is 5.32 Å². The van der Waals surface area contributed by atoms with Crippen molar-refractivity contribution in [1.29, 1.82) is 0 Å². The number of nitrogens with zero attached hydrogens (tertiary/aromatic N) is 3. The van der Waals surface area contributed by atoms with Crippen molar-refractivity contribution in [3.8, 4) is 5.69 Å². The van der Waals surface area contributed by atoms with E-state index in [0.29, 0.717) is 5.69 Å². The van der Waals surface area contributed by atoms with Crippen LogP contribution < -0.4 is 5.32 Å². The predicted octanol–water partition coefficient (Wildman–Crippen LogP) is 3.97. The highest BCUT2D eigenvalue weighted by atomic mass is 35.5. The average molecular weight is 351 g/mol. The van der Waals surface area contributed by atoms with Crippen LogP contribution in [0.1, 0.15) is 10.4 Å². The third-order valence-corrected chi connectivity index (χ3v) is 3.61. The molecule has 3 rings (SSSR count). The Morgan fingerprint density at radius 1 is 1.22 bits per heavy atom. The van der Waals surface area contributed by atoms with Crippen molar-refractivity contribution in [2.24, 2.45) is 0 Å². The molecule has 8 heteroatoms. The molecule has 0 aliphatic carbocycles. The molecular formula is C15H9Cl2FN4O. The van der Waals surface area contributed by atoms with Gasteiger partial charge in [-0.1, -0.05) is 29.3 Å². The second-order valence-electron chi connectivity index (χ2n) is 4.55. The Bertz CT molecular complexity index is 868. The summed E-state index contributed by atoms with van der Waals surface area (Å²) in [5.74, 6) is -1.21. The maximum atomic E-state index is 13.8. The minimum atomic E-state index is -0.639. The number of hydrogen-bond donors (Lipinski definition) is 1. The average Bonchev–Trinajstić information content (AvgIpc) is 3.04. The second kappa shape index (κ2) is 6.36. The summed E-state index contributed by atoms with van der Waals surface area (Å²) in [7, 11) is 0. The van der Waals surface area contributed by atoms with E-state index in [9.17, 15) is 9.18 Å². The maximum absolute atomic E-state index is 13.8. The van der Waals surface area contributed by atoms with Gasteiger partial charge in [-0.3, -0.25) is 4.79 Å². The molecular weight excluding hydrogens is 342 g/mol. The SMILES string of the molecule is O=C(Nc1ccc(Cl)cc1F)c1c(Cl)cccc1-n1cncn1. The molecule has 0 radical (unpaired) electrons. The van der Waals surface area contributed by atoms with Crippen LogP contribution in [0.15, 0.2) is 49.1 Å². The van der Waals surface area contributed by atoms with Gasteiger partial charge in [0.05, 0.1) is 22.0 Å². The molecule has 0 saturated heterocycles. The highest BCUT2D eigenvalue weighted by molar-refractivity contribution is 6.35. The third kappa shape index (κ3) is 3.18. The monoisotopic (exact) mass is 350 g/mol. The van der Waals surface area contributed by atoms with Crippen molar-refractivity contribution in [2.45, 2.75) is 0 Å². The number of carbonyl (C=O) groups is 1. The fraction of sp³-hybridized carbons (Fsp3) is 0. The number of nitrogens with one attached hydrogen (secondary N) is 1. The summed E-state index contributed by atoms with van der Waals surface area (Å²) >= 11 is 11.8. The Hall–Kier alpha value is -2.44. The lowest BCUT2D eigenvalue weighted by molar-refractivity contribution is 0.102. The second-order valence-corrected chi connectivity index (χ2v) is 5.40. The molecule has 0 saturated carbocycles. The molecule has 5 nitrogen and oxygen atoms in total. The maximum Gasteiger partial charge on any atom is 0.259 e. The Kier molecular flexibility index (Phi) is 4.27. The third-order valence-electron chi connectivity index (χ3n) is 3.06. The molecule has 23 heavy (non-hydrogen) atoms. The normalized spacial score (nSPS) is 10.6. The first-order valence-corrected chi connectivity index (χ1v) is 7.22. The topological polar surface area (TPSA) is 59.8 Å². The fourth-order valence-electron chi connectivity index (χ4n) is 2.04. The van der Waals surface area contributed by atoms with E-state index in [1.54, 1.807) is 18.2 Å². The molecule has 1 N–H and O–H groups in total. The largest absolute Gasteiger partial charge is 0.319 e. The van der Waals surface area contributed by atoms with E-state index in [-0.39, 0.29) is 21.3 Å². The molecule has 0 atom stereocenters. The van der Waals surface area contributed by atoms with Crippen molar-refractivity contribution in [3.05, 3.63) is 70.5 Å². The van der Waals surface area contributed by atoms with Gasteiger partial charge in [0.1, 0.15) is 18.5 Å². The summed E-state index contributed by atoms with van der Waals surface area (Å²) in [6, 6.07) is 8.87. The van der Waals surface area contributed by atoms with Crippen LogP contribution >= 0.6 is 23.2 Å². The van der Waals surface area contributed by atoms with Crippen molar-refractivity contribution in [1.82, 2.24) is 14.8 Å². The summed E-state index contributed by atoms with van der Waals surface area (Å²) in [4.78, 5) is 16.4. The highest BCUT2D eigenvalue weighted by Crippen LogP contribution is 2.25. The molecule has 0 bridgehead atoms. The van der Waals surface area contributed by atoms with Crippen LogP contribution in [-0.4, -0.2) is 20.7 Å². The van der Waals surface area contributed by atoms with E-state index in [0.717, 1.165) is 6.07 Å². The van der Waals surface area contributed by atoms with Crippen LogP contribution in [0.3, 0.4) is 0 Å². The number of benzene rings is 2. The van der Waals surface area contributed by atoms with Gasteiger partial charge in [0, 0.05) is 5.02 Å². The zero-order valence-corrected chi connectivity index (χ0v) is 13.0. The smallest absolute Gasteiger partial charge is 0.259 e. The molecule has 0 aliphatic heterocycles.